The lowest BCUT2D eigenvalue weighted by Gasteiger charge is -2.11. The van der Waals surface area contributed by atoms with Crippen molar-refractivity contribution < 1.29 is 14.7 Å². The standard InChI is InChI=1S/C17H12BrIN2O3/c18-12-6-11(15(22)13(19)8-12)7-14-16(23)21(17(24)20-14)9-10-4-2-1-3-5-10/h1-8,22H,9H2,(H,20,24)/b14-7-. The number of hydrogen-bond acceptors (Lipinski definition) is 3. The highest BCUT2D eigenvalue weighted by molar-refractivity contribution is 14.1. The second-order valence-corrected chi connectivity index (χ2v) is 7.27. The molecule has 0 atom stereocenters. The fourth-order valence-corrected chi connectivity index (χ4v) is 3.88. The van der Waals surface area contributed by atoms with Crippen molar-refractivity contribution in [1.29, 1.82) is 0 Å². The van der Waals surface area contributed by atoms with E-state index in [1.165, 1.54) is 6.08 Å². The molecule has 0 aliphatic carbocycles. The van der Waals surface area contributed by atoms with Gasteiger partial charge in [-0.3, -0.25) is 9.69 Å². The van der Waals surface area contributed by atoms with Gasteiger partial charge >= 0.3 is 6.03 Å². The highest BCUT2D eigenvalue weighted by atomic mass is 127. The van der Waals surface area contributed by atoms with E-state index in [1.54, 1.807) is 12.1 Å². The average Bonchev–Trinajstić information content (AvgIpc) is 2.81. The van der Waals surface area contributed by atoms with Gasteiger partial charge in [-0.1, -0.05) is 46.3 Å². The lowest BCUT2D eigenvalue weighted by atomic mass is 10.1. The quantitative estimate of drug-likeness (QED) is 0.383. The second kappa shape index (κ2) is 6.94. The summed E-state index contributed by atoms with van der Waals surface area (Å²) in [5.41, 5.74) is 1.46. The lowest BCUT2D eigenvalue weighted by molar-refractivity contribution is -0.123. The molecule has 0 spiro atoms. The summed E-state index contributed by atoms with van der Waals surface area (Å²) < 4.78 is 1.42. The maximum absolute atomic E-state index is 12.5. The number of urea groups is 1. The number of carbonyl (C=O) groups excluding carboxylic acids is 2. The Labute approximate surface area is 160 Å². The van der Waals surface area contributed by atoms with Crippen LogP contribution in [-0.2, 0) is 11.3 Å². The molecule has 1 fully saturated rings. The van der Waals surface area contributed by atoms with Crippen LogP contribution in [0.15, 0.2) is 52.6 Å². The van der Waals surface area contributed by atoms with Gasteiger partial charge in [0.1, 0.15) is 11.4 Å². The van der Waals surface area contributed by atoms with Crippen LogP contribution in [0.2, 0.25) is 0 Å². The summed E-state index contributed by atoms with van der Waals surface area (Å²) in [6.07, 6.45) is 1.48. The van der Waals surface area contributed by atoms with Crippen molar-refractivity contribution in [3.8, 4) is 5.75 Å². The minimum absolute atomic E-state index is 0.0647. The molecule has 1 saturated heterocycles. The Balaban J connectivity index is 1.89. The molecule has 0 saturated carbocycles. The molecule has 122 valence electrons. The molecule has 1 aliphatic heterocycles. The van der Waals surface area contributed by atoms with Crippen LogP contribution in [0.1, 0.15) is 11.1 Å². The van der Waals surface area contributed by atoms with Crippen LogP contribution in [0, 0.1) is 3.57 Å². The topological polar surface area (TPSA) is 69.6 Å². The van der Waals surface area contributed by atoms with Gasteiger partial charge in [0.15, 0.2) is 0 Å². The van der Waals surface area contributed by atoms with Gasteiger partial charge in [0, 0.05) is 10.0 Å². The highest BCUT2D eigenvalue weighted by Gasteiger charge is 2.33. The van der Waals surface area contributed by atoms with E-state index in [-0.39, 0.29) is 18.0 Å². The summed E-state index contributed by atoms with van der Waals surface area (Å²) in [6.45, 7) is 0.199. The fraction of sp³-hybridized carbons (Fsp3) is 0.0588. The maximum Gasteiger partial charge on any atom is 0.329 e. The summed E-state index contributed by atoms with van der Waals surface area (Å²) in [5, 5.41) is 12.7. The average molecular weight is 499 g/mol. The molecule has 7 heteroatoms. The number of benzene rings is 2. The van der Waals surface area contributed by atoms with Crippen molar-refractivity contribution in [1.82, 2.24) is 10.2 Å². The van der Waals surface area contributed by atoms with Crippen LogP contribution in [0.3, 0.4) is 0 Å². The Kier molecular flexibility index (Phi) is 4.91. The number of hydrogen-bond donors (Lipinski definition) is 2. The normalized spacial score (nSPS) is 15.9. The van der Waals surface area contributed by atoms with Crippen molar-refractivity contribution in [3.63, 3.8) is 0 Å². The molecule has 5 nitrogen and oxygen atoms in total. The van der Waals surface area contributed by atoms with Crippen LogP contribution in [-0.4, -0.2) is 21.9 Å². The van der Waals surface area contributed by atoms with Gasteiger partial charge in [-0.2, -0.15) is 0 Å². The Bertz CT molecular complexity index is 852. The third-order valence-corrected chi connectivity index (χ3v) is 4.78. The van der Waals surface area contributed by atoms with Gasteiger partial charge in [0.05, 0.1) is 10.1 Å². The number of rotatable bonds is 3. The van der Waals surface area contributed by atoms with Crippen molar-refractivity contribution in [3.05, 3.63) is 67.3 Å². The SMILES string of the molecule is O=C1N/C(=C\c2cc(Br)cc(I)c2O)C(=O)N1Cc1ccccc1. The first-order chi connectivity index (χ1) is 11.5. The van der Waals surface area contributed by atoms with E-state index in [9.17, 15) is 14.7 Å². The number of nitrogens with one attached hydrogen (secondary N) is 1. The molecule has 0 aromatic heterocycles. The molecule has 1 aliphatic rings. The zero-order chi connectivity index (χ0) is 17.3. The number of carbonyl (C=O) groups is 2. The number of halogens is 2. The molecule has 3 amide bonds. The van der Waals surface area contributed by atoms with Gasteiger partial charge in [-0.15, -0.1) is 0 Å². The first kappa shape index (κ1) is 17.0. The van der Waals surface area contributed by atoms with Crippen LogP contribution in [0.4, 0.5) is 4.79 Å². The molecule has 3 rings (SSSR count). The van der Waals surface area contributed by atoms with E-state index in [4.69, 9.17) is 0 Å². The molecular formula is C17H12BrIN2O3. The van der Waals surface area contributed by atoms with Gasteiger partial charge in [0.2, 0.25) is 0 Å². The van der Waals surface area contributed by atoms with E-state index in [0.29, 0.717) is 9.13 Å². The predicted molar refractivity (Wildman–Crippen MR) is 102 cm³/mol. The van der Waals surface area contributed by atoms with E-state index >= 15 is 0 Å². The summed E-state index contributed by atoms with van der Waals surface area (Å²) in [7, 11) is 0. The summed E-state index contributed by atoms with van der Waals surface area (Å²) in [6, 6.07) is 12.3. The van der Waals surface area contributed by atoms with Crippen LogP contribution in [0.5, 0.6) is 5.75 Å². The molecule has 0 bridgehead atoms. The second-order valence-electron chi connectivity index (χ2n) is 5.19. The predicted octanol–water partition coefficient (Wildman–Crippen LogP) is 3.85. The van der Waals surface area contributed by atoms with Crippen molar-refractivity contribution in [2.24, 2.45) is 0 Å². The minimum atomic E-state index is -0.473. The maximum atomic E-state index is 12.5. The summed E-state index contributed by atoms with van der Waals surface area (Å²) in [4.78, 5) is 25.7. The van der Waals surface area contributed by atoms with E-state index < -0.39 is 11.9 Å². The first-order valence-corrected chi connectivity index (χ1v) is 8.89. The molecule has 0 unspecified atom stereocenters. The van der Waals surface area contributed by atoms with Crippen LogP contribution >= 0.6 is 38.5 Å². The zero-order valence-corrected chi connectivity index (χ0v) is 16.0. The Hall–Kier alpha value is -1.87. The third kappa shape index (κ3) is 3.46. The molecule has 0 radical (unpaired) electrons. The van der Waals surface area contributed by atoms with E-state index in [1.807, 2.05) is 52.9 Å². The van der Waals surface area contributed by atoms with Crippen molar-refractivity contribution >= 4 is 56.5 Å². The van der Waals surface area contributed by atoms with E-state index in [0.717, 1.165) is 14.9 Å². The van der Waals surface area contributed by atoms with Crippen LogP contribution < -0.4 is 5.32 Å². The molecule has 2 aromatic carbocycles. The number of imide groups is 1. The van der Waals surface area contributed by atoms with Crippen LogP contribution in [0.25, 0.3) is 6.08 Å². The van der Waals surface area contributed by atoms with Gasteiger partial charge in [-0.05, 0) is 46.4 Å². The van der Waals surface area contributed by atoms with Gasteiger partial charge in [-0.25, -0.2) is 4.79 Å². The fourth-order valence-electron chi connectivity index (χ4n) is 2.33. The Morgan fingerprint density at radius 3 is 2.62 bits per heavy atom. The zero-order valence-electron chi connectivity index (χ0n) is 12.3. The largest absolute Gasteiger partial charge is 0.506 e. The van der Waals surface area contributed by atoms with Gasteiger partial charge in [0.25, 0.3) is 5.91 Å². The summed E-state index contributed by atoms with van der Waals surface area (Å²) in [5.74, 6) is -0.354. The number of phenolic OH excluding ortho intramolecular Hbond substituents is 1. The minimum Gasteiger partial charge on any atom is -0.506 e. The molecular weight excluding hydrogens is 487 g/mol. The molecule has 2 aromatic rings. The molecule has 1 heterocycles. The highest BCUT2D eigenvalue weighted by Crippen LogP contribution is 2.30. The number of phenols is 1. The number of nitrogens with zero attached hydrogens (tertiary/aromatic N) is 1. The van der Waals surface area contributed by atoms with Crippen molar-refractivity contribution in [2.75, 3.05) is 0 Å². The monoisotopic (exact) mass is 498 g/mol. The van der Waals surface area contributed by atoms with Crippen molar-refractivity contribution in [2.45, 2.75) is 6.54 Å². The summed E-state index contributed by atoms with van der Waals surface area (Å²) >= 11 is 5.35. The Morgan fingerprint density at radius 1 is 1.21 bits per heavy atom. The molecule has 2 N–H and O–H groups in total. The van der Waals surface area contributed by atoms with E-state index in [2.05, 4.69) is 21.2 Å². The smallest absolute Gasteiger partial charge is 0.329 e. The first-order valence-electron chi connectivity index (χ1n) is 7.02. The third-order valence-electron chi connectivity index (χ3n) is 3.50. The van der Waals surface area contributed by atoms with Gasteiger partial charge < -0.3 is 10.4 Å². The molecule has 24 heavy (non-hydrogen) atoms. The lowest BCUT2D eigenvalue weighted by Crippen LogP contribution is -2.30. The Morgan fingerprint density at radius 2 is 1.92 bits per heavy atom. The number of amides is 3. The number of aromatic hydroxyl groups is 1.